The van der Waals surface area contributed by atoms with E-state index in [9.17, 15) is 4.39 Å². The molecule has 0 saturated carbocycles. The molecule has 2 aromatic rings. The third kappa shape index (κ3) is 2.41. The molecule has 0 amide bonds. The van der Waals surface area contributed by atoms with E-state index < -0.39 is 0 Å². The number of hydrogen-bond donors (Lipinski definition) is 1. The molecule has 0 radical (unpaired) electrons. The monoisotopic (exact) mass is 323 g/mol. The second-order valence-corrected chi connectivity index (χ2v) is 5.82. The number of hydrogen-bond acceptors (Lipinski definition) is 2. The number of rotatable bonds is 2. The van der Waals surface area contributed by atoms with Crippen molar-refractivity contribution < 1.29 is 8.81 Å². The molecule has 1 atom stereocenters. The summed E-state index contributed by atoms with van der Waals surface area (Å²) in [5, 5.41) is 3.44. The minimum atomic E-state index is -0.240. The summed E-state index contributed by atoms with van der Waals surface area (Å²) in [6.07, 6.45) is 4.87. The van der Waals surface area contributed by atoms with Gasteiger partial charge in [-0.1, -0.05) is 0 Å². The minimum absolute atomic E-state index is 0.210. The van der Waals surface area contributed by atoms with Crippen LogP contribution < -0.4 is 5.32 Å². The van der Waals surface area contributed by atoms with Crippen LogP contribution in [0.15, 0.2) is 33.4 Å². The normalized spacial score (nSPS) is 18.2. The first-order chi connectivity index (χ1) is 9.15. The fraction of sp³-hybridized carbons (Fsp3) is 0.333. The largest absolute Gasteiger partial charge is 0.469 e. The zero-order valence-electron chi connectivity index (χ0n) is 10.7. The predicted molar refractivity (Wildman–Crippen MR) is 76.8 cm³/mol. The van der Waals surface area contributed by atoms with E-state index in [4.69, 9.17) is 4.42 Å². The maximum absolute atomic E-state index is 13.6. The van der Waals surface area contributed by atoms with Crippen molar-refractivity contribution in [3.8, 4) is 0 Å². The van der Waals surface area contributed by atoms with Gasteiger partial charge < -0.3 is 9.73 Å². The number of fused-ring (bicyclic) bond motifs is 1. The van der Waals surface area contributed by atoms with Crippen molar-refractivity contribution in [2.45, 2.75) is 32.2 Å². The topological polar surface area (TPSA) is 25.2 Å². The van der Waals surface area contributed by atoms with Gasteiger partial charge in [0.15, 0.2) is 0 Å². The lowest BCUT2D eigenvalue weighted by Gasteiger charge is -2.24. The maximum Gasteiger partial charge on any atom is 0.139 e. The molecule has 1 aromatic heterocycles. The lowest BCUT2D eigenvalue weighted by atomic mass is 9.93. The molecule has 19 heavy (non-hydrogen) atoms. The van der Waals surface area contributed by atoms with Crippen LogP contribution in [0.5, 0.6) is 0 Å². The molecular weight excluding hydrogens is 309 g/mol. The lowest BCUT2D eigenvalue weighted by Crippen LogP contribution is -2.16. The molecule has 0 spiro atoms. The Balaban J connectivity index is 1.89. The quantitative estimate of drug-likeness (QED) is 0.843. The number of nitrogens with one attached hydrogen (secondary N) is 1. The number of anilines is 1. The molecule has 1 aromatic carbocycles. The summed E-state index contributed by atoms with van der Waals surface area (Å²) in [4.78, 5) is 0. The summed E-state index contributed by atoms with van der Waals surface area (Å²) in [7, 11) is 0. The van der Waals surface area contributed by atoms with Crippen molar-refractivity contribution in [2.24, 2.45) is 0 Å². The highest BCUT2D eigenvalue weighted by atomic mass is 79.9. The number of benzene rings is 1. The van der Waals surface area contributed by atoms with E-state index in [1.54, 1.807) is 18.4 Å². The minimum Gasteiger partial charge on any atom is -0.469 e. The van der Waals surface area contributed by atoms with Gasteiger partial charge in [-0.25, -0.2) is 4.39 Å². The fourth-order valence-electron chi connectivity index (χ4n) is 2.63. The molecule has 0 bridgehead atoms. The van der Waals surface area contributed by atoms with Gasteiger partial charge >= 0.3 is 0 Å². The number of furan rings is 1. The molecular formula is C15H15BrFNO. The molecule has 100 valence electrons. The average Bonchev–Trinajstić information content (AvgIpc) is 2.85. The molecule has 1 aliphatic carbocycles. The molecule has 0 aliphatic heterocycles. The first-order valence-corrected chi connectivity index (χ1v) is 7.23. The molecule has 1 aliphatic rings. The van der Waals surface area contributed by atoms with Crippen molar-refractivity contribution in [3.05, 3.63) is 51.6 Å². The van der Waals surface area contributed by atoms with Crippen LogP contribution in [0.1, 0.15) is 35.8 Å². The Hall–Kier alpha value is -1.29. The summed E-state index contributed by atoms with van der Waals surface area (Å²) in [6.45, 7) is 1.98. The van der Waals surface area contributed by atoms with Gasteiger partial charge in [0.2, 0.25) is 0 Å². The Kier molecular flexibility index (Phi) is 3.35. The highest BCUT2D eigenvalue weighted by molar-refractivity contribution is 9.10. The molecule has 4 heteroatoms. The summed E-state index contributed by atoms with van der Waals surface area (Å²) in [5.41, 5.74) is 3.08. The highest BCUT2D eigenvalue weighted by Crippen LogP contribution is 2.34. The Morgan fingerprint density at radius 3 is 3.11 bits per heavy atom. The van der Waals surface area contributed by atoms with Gasteiger partial charge in [-0.05, 0) is 59.5 Å². The van der Waals surface area contributed by atoms with E-state index in [1.807, 2.05) is 13.0 Å². The first-order valence-electron chi connectivity index (χ1n) is 6.43. The highest BCUT2D eigenvalue weighted by Gasteiger charge is 2.23. The summed E-state index contributed by atoms with van der Waals surface area (Å²) < 4.78 is 19.6. The second kappa shape index (κ2) is 5.00. The van der Waals surface area contributed by atoms with E-state index in [2.05, 4.69) is 21.2 Å². The average molecular weight is 324 g/mol. The van der Waals surface area contributed by atoms with E-state index >= 15 is 0 Å². The van der Waals surface area contributed by atoms with Crippen LogP contribution in [0.25, 0.3) is 0 Å². The maximum atomic E-state index is 13.6. The number of aryl methyl sites for hydroxylation is 2. The SMILES string of the molecule is Cc1cc(Br)c(F)cc1NC1CCCc2occc21. The first kappa shape index (κ1) is 12.7. The zero-order chi connectivity index (χ0) is 13.4. The van der Waals surface area contributed by atoms with Crippen LogP contribution in [0.3, 0.4) is 0 Å². The Bertz CT molecular complexity index is 608. The van der Waals surface area contributed by atoms with Crippen molar-refractivity contribution in [1.29, 1.82) is 0 Å². The summed E-state index contributed by atoms with van der Waals surface area (Å²) in [5.74, 6) is 0.815. The summed E-state index contributed by atoms with van der Waals surface area (Å²) >= 11 is 3.21. The summed E-state index contributed by atoms with van der Waals surface area (Å²) in [6, 6.07) is 5.57. The molecule has 1 unspecified atom stereocenters. The molecule has 0 fully saturated rings. The Morgan fingerprint density at radius 1 is 1.42 bits per heavy atom. The van der Waals surface area contributed by atoms with Crippen LogP contribution in [0.4, 0.5) is 10.1 Å². The molecule has 1 N–H and O–H groups in total. The van der Waals surface area contributed by atoms with Crippen LogP contribution in [0, 0.1) is 12.7 Å². The van der Waals surface area contributed by atoms with Crippen molar-refractivity contribution in [1.82, 2.24) is 0 Å². The van der Waals surface area contributed by atoms with Crippen LogP contribution >= 0.6 is 15.9 Å². The van der Waals surface area contributed by atoms with Gasteiger partial charge in [0.25, 0.3) is 0 Å². The van der Waals surface area contributed by atoms with Crippen molar-refractivity contribution >= 4 is 21.6 Å². The third-order valence-electron chi connectivity index (χ3n) is 3.65. The molecule has 3 rings (SSSR count). The fourth-order valence-corrected chi connectivity index (χ4v) is 3.08. The lowest BCUT2D eigenvalue weighted by molar-refractivity contribution is 0.461. The third-order valence-corrected chi connectivity index (χ3v) is 4.26. The van der Waals surface area contributed by atoms with Gasteiger partial charge in [0, 0.05) is 17.7 Å². The Morgan fingerprint density at radius 2 is 2.26 bits per heavy atom. The van der Waals surface area contributed by atoms with Gasteiger partial charge in [0.05, 0.1) is 16.8 Å². The van der Waals surface area contributed by atoms with Crippen LogP contribution in [0.2, 0.25) is 0 Å². The molecule has 0 saturated heterocycles. The predicted octanol–water partition coefficient (Wildman–Crippen LogP) is 4.98. The van der Waals surface area contributed by atoms with Gasteiger partial charge in [-0.15, -0.1) is 0 Å². The standard InChI is InChI=1S/C15H15BrFNO/c1-9-7-11(16)12(17)8-14(9)18-13-3-2-4-15-10(13)5-6-19-15/h5-8,13,18H,2-4H2,1H3. The van der Waals surface area contributed by atoms with E-state index in [-0.39, 0.29) is 11.9 Å². The second-order valence-electron chi connectivity index (χ2n) is 4.97. The van der Waals surface area contributed by atoms with E-state index in [0.29, 0.717) is 4.47 Å². The van der Waals surface area contributed by atoms with Gasteiger partial charge in [0.1, 0.15) is 11.6 Å². The van der Waals surface area contributed by atoms with Crippen LogP contribution in [-0.2, 0) is 6.42 Å². The number of halogens is 2. The van der Waals surface area contributed by atoms with Crippen molar-refractivity contribution in [3.63, 3.8) is 0 Å². The Labute approximate surface area is 120 Å². The molecule has 1 heterocycles. The van der Waals surface area contributed by atoms with E-state index in [1.165, 1.54) is 5.56 Å². The van der Waals surface area contributed by atoms with Crippen LogP contribution in [-0.4, -0.2) is 0 Å². The van der Waals surface area contributed by atoms with E-state index in [0.717, 1.165) is 36.3 Å². The molecule has 2 nitrogen and oxygen atoms in total. The van der Waals surface area contributed by atoms with Crippen molar-refractivity contribution in [2.75, 3.05) is 5.32 Å². The zero-order valence-corrected chi connectivity index (χ0v) is 12.3. The van der Waals surface area contributed by atoms with Gasteiger partial charge in [-0.3, -0.25) is 0 Å². The van der Waals surface area contributed by atoms with Gasteiger partial charge in [-0.2, -0.15) is 0 Å². The smallest absolute Gasteiger partial charge is 0.139 e.